The molecule has 146 valence electrons. The summed E-state index contributed by atoms with van der Waals surface area (Å²) >= 11 is 0. The first-order valence-electron chi connectivity index (χ1n) is 9.07. The molecule has 3 aliphatic rings. The third-order valence-corrected chi connectivity index (χ3v) is 5.37. The second-order valence-corrected chi connectivity index (χ2v) is 7.06. The minimum atomic E-state index is -0.374. The highest BCUT2D eigenvalue weighted by atomic mass is 19.2. The van der Waals surface area contributed by atoms with Gasteiger partial charge in [-0.2, -0.15) is 5.10 Å². The van der Waals surface area contributed by atoms with Crippen LogP contribution < -0.4 is 5.32 Å². The van der Waals surface area contributed by atoms with Crippen LogP contribution in [0.4, 0.5) is 8.87 Å². The van der Waals surface area contributed by atoms with Gasteiger partial charge < -0.3 is 5.32 Å². The molecule has 0 saturated carbocycles. The van der Waals surface area contributed by atoms with Gasteiger partial charge in [0.05, 0.1) is 18.7 Å². The number of hydrogen-bond donors (Lipinski definition) is 1. The minimum absolute atomic E-state index is 0.0218. The van der Waals surface area contributed by atoms with Crippen molar-refractivity contribution in [3.05, 3.63) is 82.5 Å². The molecule has 1 aromatic carbocycles. The standard InChI is InChI=1S/C20H16F2N6O/c1-27-20(24-10-26-27)18-15(11-2-4-13(21)5-3-11)6-12-8-25-28(22)16-7-14(29)9-23-19(18)17(12)16/h2-8,10,15,18,23H,9H2,1H3. The molecule has 0 fully saturated rings. The number of hydrogen-bond acceptors (Lipinski definition) is 6. The minimum Gasteiger partial charge on any atom is -0.380 e. The molecule has 29 heavy (non-hydrogen) atoms. The van der Waals surface area contributed by atoms with Crippen molar-refractivity contribution in [1.29, 1.82) is 0 Å². The smallest absolute Gasteiger partial charge is 0.176 e. The molecule has 0 saturated heterocycles. The van der Waals surface area contributed by atoms with E-state index in [-0.39, 0.29) is 40.9 Å². The van der Waals surface area contributed by atoms with E-state index in [2.05, 4.69) is 20.5 Å². The van der Waals surface area contributed by atoms with Crippen molar-refractivity contribution < 1.29 is 13.7 Å². The van der Waals surface area contributed by atoms with Crippen molar-refractivity contribution in [2.45, 2.75) is 11.8 Å². The predicted octanol–water partition coefficient (Wildman–Crippen LogP) is 2.26. The fraction of sp³-hybridized carbons (Fsp3) is 0.200. The molecule has 2 atom stereocenters. The molecule has 2 aliphatic heterocycles. The van der Waals surface area contributed by atoms with Crippen molar-refractivity contribution in [2.24, 2.45) is 12.1 Å². The highest BCUT2D eigenvalue weighted by Gasteiger charge is 2.40. The molecule has 0 radical (unpaired) electrons. The highest BCUT2D eigenvalue weighted by Crippen LogP contribution is 2.47. The quantitative estimate of drug-likeness (QED) is 0.791. The fourth-order valence-corrected chi connectivity index (χ4v) is 4.08. The van der Waals surface area contributed by atoms with E-state index in [9.17, 15) is 13.7 Å². The van der Waals surface area contributed by atoms with E-state index >= 15 is 0 Å². The van der Waals surface area contributed by atoms with Crippen LogP contribution in [0, 0.1) is 5.82 Å². The summed E-state index contributed by atoms with van der Waals surface area (Å²) < 4.78 is 29.6. The van der Waals surface area contributed by atoms with Gasteiger partial charge in [-0.15, -0.1) is 5.10 Å². The van der Waals surface area contributed by atoms with Gasteiger partial charge in [-0.3, -0.25) is 9.48 Å². The Morgan fingerprint density at radius 3 is 2.76 bits per heavy atom. The molecule has 0 bridgehead atoms. The van der Waals surface area contributed by atoms with Gasteiger partial charge in [0.2, 0.25) is 0 Å². The number of nitrogens with zero attached hydrogens (tertiary/aromatic N) is 5. The zero-order valence-electron chi connectivity index (χ0n) is 15.4. The Kier molecular flexibility index (Phi) is 3.90. The highest BCUT2D eigenvalue weighted by molar-refractivity contribution is 5.97. The normalized spacial score (nSPS) is 23.3. The maximum absolute atomic E-state index is 14.4. The average molecular weight is 394 g/mol. The molecule has 5 rings (SSSR count). The third kappa shape index (κ3) is 2.77. The zero-order valence-corrected chi connectivity index (χ0v) is 15.4. The Labute approximate surface area is 164 Å². The van der Waals surface area contributed by atoms with Gasteiger partial charge in [0.25, 0.3) is 0 Å². The Morgan fingerprint density at radius 1 is 1.24 bits per heavy atom. The van der Waals surface area contributed by atoms with Gasteiger partial charge in [-0.1, -0.05) is 27.9 Å². The fourth-order valence-electron chi connectivity index (χ4n) is 4.08. The number of aromatic nitrogens is 3. The number of allylic oxidation sites excluding steroid dienone is 3. The summed E-state index contributed by atoms with van der Waals surface area (Å²) in [6, 6.07) is 6.23. The number of benzene rings is 1. The van der Waals surface area contributed by atoms with E-state index < -0.39 is 0 Å². The lowest BCUT2D eigenvalue weighted by atomic mass is 9.74. The number of nitrogens with one attached hydrogen (secondary N) is 1. The Hall–Kier alpha value is -3.62. The maximum atomic E-state index is 14.4. The number of hydrazone groups is 1. The van der Waals surface area contributed by atoms with Crippen LogP contribution in [0.1, 0.15) is 23.2 Å². The summed E-state index contributed by atoms with van der Waals surface area (Å²) in [4.78, 5) is 16.6. The largest absolute Gasteiger partial charge is 0.380 e. The average Bonchev–Trinajstić information content (AvgIpc) is 3.04. The van der Waals surface area contributed by atoms with E-state index in [0.29, 0.717) is 22.7 Å². The number of rotatable bonds is 2. The second kappa shape index (κ2) is 6.47. The van der Waals surface area contributed by atoms with Gasteiger partial charge in [0.1, 0.15) is 23.7 Å². The summed E-state index contributed by atoms with van der Waals surface area (Å²) in [5, 5.41) is 11.3. The van der Waals surface area contributed by atoms with Crippen molar-refractivity contribution in [2.75, 3.05) is 6.54 Å². The van der Waals surface area contributed by atoms with Crippen molar-refractivity contribution in [3.63, 3.8) is 0 Å². The van der Waals surface area contributed by atoms with E-state index in [1.54, 1.807) is 23.9 Å². The van der Waals surface area contributed by atoms with E-state index in [0.717, 1.165) is 5.56 Å². The predicted molar refractivity (Wildman–Crippen MR) is 101 cm³/mol. The summed E-state index contributed by atoms with van der Waals surface area (Å²) in [6.45, 7) is 0.0218. The molecule has 0 spiro atoms. The van der Waals surface area contributed by atoms with Crippen LogP contribution in [0.5, 0.6) is 0 Å². The van der Waals surface area contributed by atoms with Gasteiger partial charge in [0.15, 0.2) is 5.78 Å². The monoisotopic (exact) mass is 394 g/mol. The maximum Gasteiger partial charge on any atom is 0.176 e. The molecule has 9 heteroatoms. The van der Waals surface area contributed by atoms with Crippen LogP contribution in [0.3, 0.4) is 0 Å². The molecule has 7 nitrogen and oxygen atoms in total. The first-order valence-corrected chi connectivity index (χ1v) is 9.07. The lowest BCUT2D eigenvalue weighted by molar-refractivity contribution is -0.113. The van der Waals surface area contributed by atoms with Gasteiger partial charge in [-0.25, -0.2) is 9.37 Å². The third-order valence-electron chi connectivity index (χ3n) is 5.37. The summed E-state index contributed by atoms with van der Waals surface area (Å²) in [7, 11) is 1.77. The van der Waals surface area contributed by atoms with Crippen LogP contribution >= 0.6 is 0 Å². The molecule has 1 N–H and O–H groups in total. The van der Waals surface area contributed by atoms with Crippen LogP contribution in [0.2, 0.25) is 0 Å². The van der Waals surface area contributed by atoms with Crippen LogP contribution in [0.25, 0.3) is 0 Å². The zero-order chi connectivity index (χ0) is 20.1. The first kappa shape index (κ1) is 17.5. The molecule has 0 amide bonds. The molecule has 2 unspecified atom stereocenters. The van der Waals surface area contributed by atoms with Crippen molar-refractivity contribution in [1.82, 2.24) is 25.3 Å². The molecule has 1 aromatic heterocycles. The van der Waals surface area contributed by atoms with Gasteiger partial charge in [-0.05, 0) is 17.7 Å². The van der Waals surface area contributed by atoms with Crippen LogP contribution in [0.15, 0.2) is 70.4 Å². The summed E-state index contributed by atoms with van der Waals surface area (Å²) in [5.41, 5.74) is 2.87. The first-order chi connectivity index (χ1) is 14.0. The number of aryl methyl sites for hydroxylation is 1. The summed E-state index contributed by atoms with van der Waals surface area (Å²) in [5.74, 6) is -0.564. The molecular weight excluding hydrogens is 378 g/mol. The Balaban J connectivity index is 1.76. The van der Waals surface area contributed by atoms with Crippen molar-refractivity contribution in [3.8, 4) is 0 Å². The van der Waals surface area contributed by atoms with E-state index in [1.165, 1.54) is 30.8 Å². The van der Waals surface area contributed by atoms with E-state index in [4.69, 9.17) is 0 Å². The Bertz CT molecular complexity index is 1130. The lowest BCUT2D eigenvalue weighted by Crippen LogP contribution is -2.33. The molecular formula is C20H16F2N6O. The van der Waals surface area contributed by atoms with Gasteiger partial charge in [0, 0.05) is 35.9 Å². The number of halogens is 2. The number of carbonyl (C=O) groups is 1. The second-order valence-electron chi connectivity index (χ2n) is 7.06. The molecule has 2 aromatic rings. The van der Waals surface area contributed by atoms with Crippen molar-refractivity contribution >= 4 is 12.0 Å². The van der Waals surface area contributed by atoms with Gasteiger partial charge >= 0.3 is 0 Å². The molecule has 1 aliphatic carbocycles. The summed E-state index contributed by atoms with van der Waals surface area (Å²) in [6.07, 6.45) is 6.08. The van der Waals surface area contributed by atoms with Crippen LogP contribution in [-0.4, -0.2) is 38.5 Å². The van der Waals surface area contributed by atoms with Crippen LogP contribution in [-0.2, 0) is 11.8 Å². The lowest BCUT2D eigenvalue weighted by Gasteiger charge is -2.35. The number of carbonyl (C=O) groups excluding carboxylic acids is 1. The molecule has 3 heterocycles. The SMILES string of the molecule is Cn1ncnc1C1C2=C3C(=CC1c1ccc(F)cc1)C=NN(F)C3=CC(=O)CN2. The topological polar surface area (TPSA) is 75.4 Å². The number of ketones is 1. The van der Waals surface area contributed by atoms with E-state index in [1.807, 2.05) is 6.08 Å². The Morgan fingerprint density at radius 2 is 2.03 bits per heavy atom.